The zero-order chi connectivity index (χ0) is 38.9. The Kier molecular flexibility index (Phi) is 14.2. The van der Waals surface area contributed by atoms with E-state index in [9.17, 15) is 36.7 Å². The summed E-state index contributed by atoms with van der Waals surface area (Å²) in [4.78, 5) is 64.8. The molecule has 5 rings (SSSR count). The van der Waals surface area contributed by atoms with Gasteiger partial charge in [0.2, 0.25) is 11.8 Å². The maximum Gasteiger partial charge on any atom is 0.490 e. The molecule has 12 nitrogen and oxygen atoms in total. The van der Waals surface area contributed by atoms with Gasteiger partial charge in [-0.3, -0.25) is 19.2 Å². The third-order valence-corrected chi connectivity index (χ3v) is 9.23. The number of benzene rings is 2. The van der Waals surface area contributed by atoms with Gasteiger partial charge in [0.25, 0.3) is 11.8 Å². The van der Waals surface area contributed by atoms with Gasteiger partial charge in [-0.15, -0.1) is 0 Å². The lowest BCUT2D eigenvalue weighted by Crippen LogP contribution is -2.61. The van der Waals surface area contributed by atoms with E-state index < -0.39 is 29.9 Å². The minimum atomic E-state index is -5.08. The lowest BCUT2D eigenvalue weighted by molar-refractivity contribution is -0.192. The van der Waals surface area contributed by atoms with Gasteiger partial charge in [-0.05, 0) is 79.6 Å². The van der Waals surface area contributed by atoms with Crippen LogP contribution in [-0.2, 0) is 14.4 Å². The fourth-order valence-electron chi connectivity index (χ4n) is 6.62. The highest BCUT2D eigenvalue weighted by molar-refractivity contribution is 6.00. The standard InChI is InChI=1S/C35H46FN5O5.C2HF3O2/c1-22(2)19-38-33(43)31-21-40(34(44)26-15-27(36)18-28(16-26)39-23(3)42)13-14-41(31)35(45)25-9-10-32(46-29-11-12-37-20-29)30(17-25)24-7-5-4-6-8-24;3-2(4,5)1(6)7/h9-10,15-18,22,24,29,31,37H,4-8,11-14,19-21H2,1-3H3,(H,38,43)(H,39,42);(H,6,7)/t29-,31?;/m0./s1. The molecule has 2 heterocycles. The van der Waals surface area contributed by atoms with E-state index in [1.807, 2.05) is 26.0 Å². The van der Waals surface area contributed by atoms with Crippen molar-refractivity contribution in [2.24, 2.45) is 5.92 Å². The number of nitrogens with one attached hydrogen (secondary N) is 3. The molecular formula is C37H47F4N5O7. The molecule has 2 saturated heterocycles. The Morgan fingerprint density at radius 1 is 0.962 bits per heavy atom. The molecule has 0 radical (unpaired) electrons. The molecule has 0 spiro atoms. The van der Waals surface area contributed by atoms with Crippen LogP contribution >= 0.6 is 0 Å². The summed E-state index contributed by atoms with van der Waals surface area (Å²) >= 11 is 0. The summed E-state index contributed by atoms with van der Waals surface area (Å²) in [6, 6.07) is 8.36. The topological polar surface area (TPSA) is 157 Å². The monoisotopic (exact) mass is 749 g/mol. The number of piperazine rings is 1. The fourth-order valence-corrected chi connectivity index (χ4v) is 6.62. The van der Waals surface area contributed by atoms with E-state index in [0.29, 0.717) is 18.0 Å². The summed E-state index contributed by atoms with van der Waals surface area (Å²) in [5.41, 5.74) is 1.76. The van der Waals surface area contributed by atoms with Crippen LogP contribution in [0.4, 0.5) is 23.2 Å². The van der Waals surface area contributed by atoms with Crippen molar-refractivity contribution in [3.05, 3.63) is 58.9 Å². The van der Waals surface area contributed by atoms with Crippen molar-refractivity contribution in [3.63, 3.8) is 0 Å². The predicted octanol–water partition coefficient (Wildman–Crippen LogP) is 4.94. The van der Waals surface area contributed by atoms with Crippen molar-refractivity contribution >= 4 is 35.3 Å². The van der Waals surface area contributed by atoms with Gasteiger partial charge in [0.15, 0.2) is 0 Å². The van der Waals surface area contributed by atoms with E-state index >= 15 is 0 Å². The van der Waals surface area contributed by atoms with Crippen LogP contribution in [0.2, 0.25) is 0 Å². The van der Waals surface area contributed by atoms with Crippen molar-refractivity contribution in [2.75, 3.05) is 44.6 Å². The number of hydrogen-bond acceptors (Lipinski definition) is 7. The molecule has 16 heteroatoms. The van der Waals surface area contributed by atoms with Crippen molar-refractivity contribution < 1.29 is 51.4 Å². The molecule has 1 unspecified atom stereocenters. The Bertz CT molecular complexity index is 1640. The first-order valence-electron chi connectivity index (χ1n) is 17.8. The molecule has 0 aromatic heterocycles. The Balaban J connectivity index is 0.000000815. The number of alkyl halides is 3. The van der Waals surface area contributed by atoms with Crippen LogP contribution in [-0.4, -0.2) is 102 Å². The third-order valence-electron chi connectivity index (χ3n) is 9.23. The first kappa shape index (κ1) is 41.0. The number of carbonyl (C=O) groups is 5. The van der Waals surface area contributed by atoms with Gasteiger partial charge in [0.1, 0.15) is 23.7 Å². The Hall–Kier alpha value is -4.73. The minimum absolute atomic E-state index is 0.0498. The van der Waals surface area contributed by atoms with E-state index in [1.54, 1.807) is 11.0 Å². The summed E-state index contributed by atoms with van der Waals surface area (Å²) in [5.74, 6) is -3.60. The van der Waals surface area contributed by atoms with Crippen LogP contribution in [0.25, 0.3) is 0 Å². The van der Waals surface area contributed by atoms with Crippen molar-refractivity contribution in [2.45, 2.75) is 83.5 Å². The van der Waals surface area contributed by atoms with E-state index in [-0.39, 0.29) is 60.6 Å². The lowest BCUT2D eigenvalue weighted by atomic mass is 9.83. The van der Waals surface area contributed by atoms with Crippen LogP contribution in [0, 0.1) is 11.7 Å². The third kappa shape index (κ3) is 11.6. The van der Waals surface area contributed by atoms with Crippen LogP contribution in [0.15, 0.2) is 36.4 Å². The average molecular weight is 750 g/mol. The number of carboxylic acid groups (broad SMARTS) is 1. The number of rotatable bonds is 9. The molecule has 290 valence electrons. The zero-order valence-corrected chi connectivity index (χ0v) is 30.1. The fraction of sp³-hybridized carbons (Fsp3) is 0.541. The molecule has 2 aromatic rings. The van der Waals surface area contributed by atoms with Gasteiger partial charge >= 0.3 is 12.1 Å². The molecule has 3 fully saturated rings. The second-order valence-electron chi connectivity index (χ2n) is 13.9. The summed E-state index contributed by atoms with van der Waals surface area (Å²) in [7, 11) is 0. The van der Waals surface area contributed by atoms with Gasteiger partial charge < -0.3 is 35.6 Å². The van der Waals surface area contributed by atoms with Crippen molar-refractivity contribution in [1.82, 2.24) is 20.4 Å². The number of amides is 4. The zero-order valence-electron chi connectivity index (χ0n) is 30.1. The average Bonchev–Trinajstić information content (AvgIpc) is 3.62. The molecule has 4 amide bonds. The SMILES string of the molecule is CC(=O)Nc1cc(F)cc(C(=O)N2CCN(C(=O)c3ccc(O[C@H]4CCNC4)c(C4CCCCC4)c3)C(C(=O)NCC(C)C)C2)c1.O=C(O)C(F)(F)F. The number of halogens is 4. The highest BCUT2D eigenvalue weighted by atomic mass is 19.4. The van der Waals surface area contributed by atoms with E-state index in [2.05, 4.69) is 16.0 Å². The molecular weight excluding hydrogens is 702 g/mol. The number of ether oxygens (including phenoxy) is 1. The van der Waals surface area contributed by atoms with Gasteiger partial charge in [-0.25, -0.2) is 9.18 Å². The summed E-state index contributed by atoms with van der Waals surface area (Å²) in [6.07, 6.45) is 1.51. The number of nitrogens with zero attached hydrogens (tertiary/aromatic N) is 2. The van der Waals surface area contributed by atoms with Gasteiger partial charge in [0.05, 0.1) is 6.54 Å². The molecule has 53 heavy (non-hydrogen) atoms. The second-order valence-corrected chi connectivity index (χ2v) is 13.9. The number of carboxylic acids is 1. The Morgan fingerprint density at radius 2 is 1.66 bits per heavy atom. The number of anilines is 1. The van der Waals surface area contributed by atoms with Crippen LogP contribution < -0.4 is 20.7 Å². The molecule has 1 aliphatic carbocycles. The van der Waals surface area contributed by atoms with E-state index in [1.165, 1.54) is 24.3 Å². The van der Waals surface area contributed by atoms with E-state index in [4.69, 9.17) is 14.6 Å². The summed E-state index contributed by atoms with van der Waals surface area (Å²) < 4.78 is 52.6. The lowest BCUT2D eigenvalue weighted by Gasteiger charge is -2.41. The summed E-state index contributed by atoms with van der Waals surface area (Å²) in [6.45, 7) is 7.64. The van der Waals surface area contributed by atoms with Crippen LogP contribution in [0.3, 0.4) is 0 Å². The number of hydrogen-bond donors (Lipinski definition) is 4. The highest BCUT2D eigenvalue weighted by Crippen LogP contribution is 2.39. The Morgan fingerprint density at radius 3 is 2.26 bits per heavy atom. The maximum atomic E-state index is 14.4. The highest BCUT2D eigenvalue weighted by Gasteiger charge is 2.39. The number of aliphatic carboxylic acids is 1. The van der Waals surface area contributed by atoms with Gasteiger partial charge in [0, 0.05) is 49.9 Å². The minimum Gasteiger partial charge on any atom is -0.489 e. The molecule has 4 N–H and O–H groups in total. The Labute approximate surface area is 305 Å². The smallest absolute Gasteiger partial charge is 0.489 e. The number of carbonyl (C=O) groups excluding carboxylic acids is 4. The second kappa shape index (κ2) is 18.3. The quantitative estimate of drug-likeness (QED) is 0.263. The molecule has 1 saturated carbocycles. The van der Waals surface area contributed by atoms with Gasteiger partial charge in [-0.2, -0.15) is 13.2 Å². The molecule has 2 aromatic carbocycles. The molecule has 3 aliphatic rings. The molecule has 0 bridgehead atoms. The first-order valence-corrected chi connectivity index (χ1v) is 17.8. The van der Waals surface area contributed by atoms with Crippen LogP contribution in [0.5, 0.6) is 5.75 Å². The van der Waals surface area contributed by atoms with Gasteiger partial charge in [-0.1, -0.05) is 33.1 Å². The van der Waals surface area contributed by atoms with Crippen molar-refractivity contribution in [3.8, 4) is 5.75 Å². The van der Waals surface area contributed by atoms with Crippen molar-refractivity contribution in [1.29, 1.82) is 0 Å². The van der Waals surface area contributed by atoms with Crippen LogP contribution in [0.1, 0.15) is 91.5 Å². The summed E-state index contributed by atoms with van der Waals surface area (Å²) in [5, 5.41) is 15.9. The molecule has 2 aliphatic heterocycles. The maximum absolute atomic E-state index is 14.4. The largest absolute Gasteiger partial charge is 0.490 e. The molecule has 2 atom stereocenters. The first-order chi connectivity index (χ1) is 25.0. The normalized spacial score (nSPS) is 19.2. The van der Waals surface area contributed by atoms with E-state index in [0.717, 1.165) is 68.6 Å². The predicted molar refractivity (Wildman–Crippen MR) is 187 cm³/mol.